The smallest absolute Gasteiger partial charge is 0.0798 e. The predicted molar refractivity (Wildman–Crippen MR) is 48.9 cm³/mol. The van der Waals surface area contributed by atoms with Crippen molar-refractivity contribution in [2.75, 3.05) is 14.1 Å². The van der Waals surface area contributed by atoms with Crippen molar-refractivity contribution in [2.24, 2.45) is 0 Å². The van der Waals surface area contributed by atoms with E-state index >= 15 is 0 Å². The van der Waals surface area contributed by atoms with E-state index in [2.05, 4.69) is 30.9 Å². The quantitative estimate of drug-likeness (QED) is 0.687. The van der Waals surface area contributed by atoms with Gasteiger partial charge in [-0.05, 0) is 20.5 Å². The van der Waals surface area contributed by atoms with Crippen LogP contribution in [0, 0.1) is 0 Å². The molecule has 1 aromatic heterocycles. The molecule has 0 spiro atoms. The summed E-state index contributed by atoms with van der Waals surface area (Å²) < 4.78 is 0. The minimum Gasteiger partial charge on any atom is -0.304 e. The zero-order chi connectivity index (χ0) is 8.27. The molecule has 1 rings (SSSR count). The van der Waals surface area contributed by atoms with E-state index in [9.17, 15) is 0 Å². The molecule has 0 unspecified atom stereocenters. The third kappa shape index (κ3) is 2.27. The molecule has 0 aliphatic rings. The van der Waals surface area contributed by atoms with Gasteiger partial charge in [-0.1, -0.05) is 6.92 Å². The first-order valence-corrected chi connectivity index (χ1v) is 4.68. The van der Waals surface area contributed by atoms with Gasteiger partial charge in [-0.15, -0.1) is 11.3 Å². The summed E-state index contributed by atoms with van der Waals surface area (Å²) in [6.45, 7) is 3.14. The SMILES string of the molecule is CCc1scnc1CN(C)C. The maximum absolute atomic E-state index is 4.30. The lowest BCUT2D eigenvalue weighted by molar-refractivity contribution is 0.396. The molecule has 0 amide bonds. The van der Waals surface area contributed by atoms with Crippen LogP contribution in [0.5, 0.6) is 0 Å². The van der Waals surface area contributed by atoms with Gasteiger partial charge in [0.15, 0.2) is 0 Å². The van der Waals surface area contributed by atoms with Gasteiger partial charge < -0.3 is 4.90 Å². The second kappa shape index (κ2) is 3.83. The molecule has 2 nitrogen and oxygen atoms in total. The molecule has 0 aliphatic heterocycles. The summed E-state index contributed by atoms with van der Waals surface area (Å²) in [6.07, 6.45) is 1.10. The molecule has 62 valence electrons. The molecule has 0 saturated carbocycles. The molecule has 0 bridgehead atoms. The van der Waals surface area contributed by atoms with E-state index in [1.165, 1.54) is 10.6 Å². The van der Waals surface area contributed by atoms with Crippen LogP contribution >= 0.6 is 11.3 Å². The molecular weight excluding hydrogens is 156 g/mol. The largest absolute Gasteiger partial charge is 0.304 e. The van der Waals surface area contributed by atoms with Crippen molar-refractivity contribution in [2.45, 2.75) is 19.9 Å². The van der Waals surface area contributed by atoms with Gasteiger partial charge in [0.05, 0.1) is 11.2 Å². The van der Waals surface area contributed by atoms with Gasteiger partial charge in [-0.3, -0.25) is 0 Å². The second-order valence-corrected chi connectivity index (χ2v) is 3.75. The summed E-state index contributed by atoms with van der Waals surface area (Å²) in [5.41, 5.74) is 3.17. The van der Waals surface area contributed by atoms with Crippen molar-refractivity contribution < 1.29 is 0 Å². The van der Waals surface area contributed by atoms with Gasteiger partial charge in [0.25, 0.3) is 0 Å². The van der Waals surface area contributed by atoms with Gasteiger partial charge in [0.2, 0.25) is 0 Å². The molecule has 0 saturated heterocycles. The van der Waals surface area contributed by atoms with Gasteiger partial charge in [0, 0.05) is 11.4 Å². The number of aryl methyl sites for hydroxylation is 1. The fourth-order valence-corrected chi connectivity index (χ4v) is 1.74. The molecule has 0 fully saturated rings. The topological polar surface area (TPSA) is 16.1 Å². The van der Waals surface area contributed by atoms with Gasteiger partial charge in [-0.2, -0.15) is 0 Å². The van der Waals surface area contributed by atoms with Crippen molar-refractivity contribution in [3.05, 3.63) is 16.1 Å². The van der Waals surface area contributed by atoms with Gasteiger partial charge in [-0.25, -0.2) is 4.98 Å². The zero-order valence-electron chi connectivity index (χ0n) is 7.29. The Hall–Kier alpha value is -0.410. The molecule has 0 radical (unpaired) electrons. The van der Waals surface area contributed by atoms with Crippen LogP contribution in [0.2, 0.25) is 0 Å². The third-order valence-electron chi connectivity index (χ3n) is 1.51. The van der Waals surface area contributed by atoms with E-state index in [-0.39, 0.29) is 0 Å². The first kappa shape index (κ1) is 8.68. The average Bonchev–Trinajstić information content (AvgIpc) is 2.34. The lowest BCUT2D eigenvalue weighted by Crippen LogP contribution is -2.11. The van der Waals surface area contributed by atoms with Crippen LogP contribution < -0.4 is 0 Å². The van der Waals surface area contributed by atoms with Crippen molar-refractivity contribution in [1.82, 2.24) is 9.88 Å². The van der Waals surface area contributed by atoms with Crippen LogP contribution in [0.25, 0.3) is 0 Å². The summed E-state index contributed by atoms with van der Waals surface area (Å²) in [7, 11) is 4.14. The van der Waals surface area contributed by atoms with Gasteiger partial charge >= 0.3 is 0 Å². The molecular formula is C8H14N2S. The fourth-order valence-electron chi connectivity index (χ4n) is 1.01. The Morgan fingerprint density at radius 1 is 1.55 bits per heavy atom. The Kier molecular flexibility index (Phi) is 3.02. The normalized spacial score (nSPS) is 10.9. The number of thiazole rings is 1. The standard InChI is InChI=1S/C8H14N2S/c1-4-8-7(5-10(2)3)9-6-11-8/h6H,4-5H2,1-3H3. The van der Waals surface area contributed by atoms with Crippen LogP contribution in [-0.4, -0.2) is 24.0 Å². The first-order valence-electron chi connectivity index (χ1n) is 3.80. The van der Waals surface area contributed by atoms with Crippen LogP contribution in [0.3, 0.4) is 0 Å². The van der Waals surface area contributed by atoms with Crippen molar-refractivity contribution >= 4 is 11.3 Å². The molecule has 3 heteroatoms. The summed E-state index contributed by atoms with van der Waals surface area (Å²) >= 11 is 1.75. The molecule has 11 heavy (non-hydrogen) atoms. The maximum atomic E-state index is 4.30. The van der Waals surface area contributed by atoms with E-state index in [4.69, 9.17) is 0 Å². The lowest BCUT2D eigenvalue weighted by Gasteiger charge is -2.07. The molecule has 0 aliphatic carbocycles. The fraction of sp³-hybridized carbons (Fsp3) is 0.625. The summed E-state index contributed by atoms with van der Waals surface area (Å²) in [6, 6.07) is 0. The number of rotatable bonds is 3. The Balaban J connectivity index is 2.68. The summed E-state index contributed by atoms with van der Waals surface area (Å²) in [4.78, 5) is 7.87. The monoisotopic (exact) mass is 170 g/mol. The highest BCUT2D eigenvalue weighted by Gasteiger charge is 2.03. The lowest BCUT2D eigenvalue weighted by atomic mass is 10.3. The number of hydrogen-bond acceptors (Lipinski definition) is 3. The number of nitrogens with zero attached hydrogens (tertiary/aromatic N) is 2. The van der Waals surface area contributed by atoms with Crippen LogP contribution in [-0.2, 0) is 13.0 Å². The minimum absolute atomic E-state index is 0.965. The van der Waals surface area contributed by atoms with Crippen LogP contribution in [0.15, 0.2) is 5.51 Å². The summed E-state index contributed by atoms with van der Waals surface area (Å²) in [5, 5.41) is 0. The molecule has 1 heterocycles. The molecule has 0 atom stereocenters. The maximum Gasteiger partial charge on any atom is 0.0798 e. The Morgan fingerprint density at radius 2 is 2.27 bits per heavy atom. The second-order valence-electron chi connectivity index (χ2n) is 2.81. The highest BCUT2D eigenvalue weighted by Crippen LogP contribution is 2.14. The average molecular weight is 170 g/mol. The highest BCUT2D eigenvalue weighted by atomic mass is 32.1. The highest BCUT2D eigenvalue weighted by molar-refractivity contribution is 7.09. The van der Waals surface area contributed by atoms with E-state index in [0.29, 0.717) is 0 Å². The van der Waals surface area contributed by atoms with Crippen LogP contribution in [0.4, 0.5) is 0 Å². The van der Waals surface area contributed by atoms with Gasteiger partial charge in [0.1, 0.15) is 0 Å². The van der Waals surface area contributed by atoms with Crippen molar-refractivity contribution in [3.8, 4) is 0 Å². The molecule has 1 aromatic rings. The van der Waals surface area contributed by atoms with Crippen molar-refractivity contribution in [3.63, 3.8) is 0 Å². The third-order valence-corrected chi connectivity index (χ3v) is 2.53. The Labute approximate surface area is 71.9 Å². The predicted octanol–water partition coefficient (Wildman–Crippen LogP) is 1.77. The zero-order valence-corrected chi connectivity index (χ0v) is 8.11. The van der Waals surface area contributed by atoms with Crippen molar-refractivity contribution in [1.29, 1.82) is 0 Å². The molecule has 0 N–H and O–H groups in total. The van der Waals surface area contributed by atoms with Crippen LogP contribution in [0.1, 0.15) is 17.5 Å². The Morgan fingerprint density at radius 3 is 2.82 bits per heavy atom. The number of aromatic nitrogens is 1. The Bertz CT molecular complexity index is 218. The first-order chi connectivity index (χ1) is 5.24. The number of hydrogen-bond donors (Lipinski definition) is 0. The van der Waals surface area contributed by atoms with E-state index in [1.807, 2.05) is 5.51 Å². The van der Waals surface area contributed by atoms with E-state index in [0.717, 1.165) is 13.0 Å². The van der Waals surface area contributed by atoms with E-state index < -0.39 is 0 Å². The summed E-state index contributed by atoms with van der Waals surface area (Å²) in [5.74, 6) is 0. The van der Waals surface area contributed by atoms with E-state index in [1.54, 1.807) is 11.3 Å². The minimum atomic E-state index is 0.965. The molecule has 0 aromatic carbocycles.